The minimum Gasteiger partial charge on any atom is -0.339 e. The monoisotopic (exact) mass is 304 g/mol. The number of nitrogens with zero attached hydrogens (tertiary/aromatic N) is 4. The van der Waals surface area contributed by atoms with E-state index in [4.69, 9.17) is 0 Å². The first-order chi connectivity index (χ1) is 10.5. The first-order valence-electron chi connectivity index (χ1n) is 8.04. The van der Waals surface area contributed by atoms with Crippen molar-refractivity contribution in [2.45, 2.75) is 26.3 Å². The van der Waals surface area contributed by atoms with Gasteiger partial charge < -0.3 is 9.80 Å². The highest BCUT2D eigenvalue weighted by Crippen LogP contribution is 2.08. The van der Waals surface area contributed by atoms with Gasteiger partial charge in [-0.05, 0) is 45.6 Å². The van der Waals surface area contributed by atoms with E-state index in [0.717, 1.165) is 38.3 Å². The highest BCUT2D eigenvalue weighted by Gasteiger charge is 2.21. The maximum absolute atomic E-state index is 12.4. The zero-order valence-corrected chi connectivity index (χ0v) is 14.2. The highest BCUT2D eigenvalue weighted by atomic mass is 16.2. The van der Waals surface area contributed by atoms with Crippen LogP contribution in [0.2, 0.25) is 0 Å². The van der Waals surface area contributed by atoms with Crippen LogP contribution in [0.5, 0.6) is 0 Å². The Morgan fingerprint density at radius 2 is 2.05 bits per heavy atom. The van der Waals surface area contributed by atoms with Crippen molar-refractivity contribution in [2.24, 2.45) is 0 Å². The van der Waals surface area contributed by atoms with Gasteiger partial charge in [0, 0.05) is 50.5 Å². The third-order valence-corrected chi connectivity index (χ3v) is 4.47. The molecule has 0 aliphatic carbocycles. The summed E-state index contributed by atoms with van der Waals surface area (Å²) < 4.78 is 0. The van der Waals surface area contributed by atoms with Crippen LogP contribution in [0.3, 0.4) is 0 Å². The maximum atomic E-state index is 12.4. The molecule has 0 bridgehead atoms. The second kappa shape index (κ2) is 7.70. The molecule has 0 radical (unpaired) electrons. The third kappa shape index (κ3) is 4.78. The minimum atomic E-state index is 0.236. The van der Waals surface area contributed by atoms with Gasteiger partial charge in [0.15, 0.2) is 0 Å². The Balaban J connectivity index is 1.83. The van der Waals surface area contributed by atoms with E-state index < -0.39 is 0 Å². The number of likely N-dealkylation sites (N-methyl/N-ethyl adjacent to an activating group) is 2. The van der Waals surface area contributed by atoms with E-state index in [2.05, 4.69) is 41.7 Å². The number of rotatable bonds is 5. The summed E-state index contributed by atoms with van der Waals surface area (Å²) in [6.45, 7) is 8.35. The number of carbonyl (C=O) groups excluding carboxylic acids is 1. The van der Waals surface area contributed by atoms with E-state index in [1.165, 1.54) is 5.56 Å². The van der Waals surface area contributed by atoms with Gasteiger partial charge in [-0.25, -0.2) is 0 Å². The van der Waals surface area contributed by atoms with Crippen LogP contribution in [0.25, 0.3) is 0 Å². The predicted molar refractivity (Wildman–Crippen MR) is 88.8 cm³/mol. The van der Waals surface area contributed by atoms with E-state index in [9.17, 15) is 4.79 Å². The summed E-state index contributed by atoms with van der Waals surface area (Å²) in [5.41, 5.74) is 2.32. The molecule has 0 N–H and O–H groups in total. The van der Waals surface area contributed by atoms with Crippen LogP contribution in [0.1, 0.15) is 18.2 Å². The van der Waals surface area contributed by atoms with Crippen molar-refractivity contribution < 1.29 is 4.79 Å². The topological polar surface area (TPSA) is 39.7 Å². The SMILES string of the molecule is Cc1ccnc(CC(C)N(C)CC(=O)N2CCN(C)CC2)c1. The van der Waals surface area contributed by atoms with Crippen molar-refractivity contribution >= 4 is 5.91 Å². The Morgan fingerprint density at radius 1 is 1.36 bits per heavy atom. The average molecular weight is 304 g/mol. The molecular formula is C17H28N4O. The molecule has 0 aromatic carbocycles. The summed E-state index contributed by atoms with van der Waals surface area (Å²) in [6.07, 6.45) is 2.72. The third-order valence-electron chi connectivity index (χ3n) is 4.47. The number of hydrogen-bond donors (Lipinski definition) is 0. The fraction of sp³-hybridized carbons (Fsp3) is 0.647. The molecule has 5 nitrogen and oxygen atoms in total. The zero-order valence-electron chi connectivity index (χ0n) is 14.2. The number of aromatic nitrogens is 1. The fourth-order valence-electron chi connectivity index (χ4n) is 2.69. The smallest absolute Gasteiger partial charge is 0.236 e. The van der Waals surface area contributed by atoms with Crippen LogP contribution in [0, 0.1) is 6.92 Å². The van der Waals surface area contributed by atoms with Gasteiger partial charge in [0.2, 0.25) is 5.91 Å². The van der Waals surface area contributed by atoms with Crippen molar-refractivity contribution in [3.8, 4) is 0 Å². The van der Waals surface area contributed by atoms with Gasteiger partial charge in [-0.3, -0.25) is 14.7 Å². The van der Waals surface area contributed by atoms with Crippen LogP contribution in [-0.4, -0.2) is 78.5 Å². The Morgan fingerprint density at radius 3 is 2.68 bits per heavy atom. The van der Waals surface area contributed by atoms with Crippen molar-refractivity contribution in [1.29, 1.82) is 0 Å². The van der Waals surface area contributed by atoms with Crippen LogP contribution in [-0.2, 0) is 11.2 Å². The van der Waals surface area contributed by atoms with E-state index in [0.29, 0.717) is 12.6 Å². The van der Waals surface area contributed by atoms with E-state index in [1.807, 2.05) is 24.2 Å². The summed E-state index contributed by atoms with van der Waals surface area (Å²) in [5.74, 6) is 0.236. The molecule has 1 aromatic heterocycles. The van der Waals surface area contributed by atoms with Gasteiger partial charge in [-0.1, -0.05) is 0 Å². The molecular weight excluding hydrogens is 276 g/mol. The lowest BCUT2D eigenvalue weighted by atomic mass is 10.1. The largest absolute Gasteiger partial charge is 0.339 e. The van der Waals surface area contributed by atoms with Gasteiger partial charge in [0.1, 0.15) is 0 Å². The number of piperazine rings is 1. The summed E-state index contributed by atoms with van der Waals surface area (Å²) >= 11 is 0. The molecule has 22 heavy (non-hydrogen) atoms. The van der Waals surface area contributed by atoms with Gasteiger partial charge in [0.05, 0.1) is 6.54 Å². The van der Waals surface area contributed by atoms with Gasteiger partial charge in [0.25, 0.3) is 0 Å². The highest BCUT2D eigenvalue weighted by molar-refractivity contribution is 5.78. The molecule has 1 atom stereocenters. The standard InChI is InChI=1S/C17H28N4O/c1-14-5-6-18-16(11-14)12-15(2)20(4)13-17(22)21-9-7-19(3)8-10-21/h5-6,11,15H,7-10,12-13H2,1-4H3. The Bertz CT molecular complexity index is 497. The number of carbonyl (C=O) groups is 1. The molecule has 1 unspecified atom stereocenters. The predicted octanol–water partition coefficient (Wildman–Crippen LogP) is 1.03. The fourth-order valence-corrected chi connectivity index (χ4v) is 2.69. The molecule has 1 saturated heterocycles. The number of pyridine rings is 1. The summed E-state index contributed by atoms with van der Waals surface area (Å²) in [4.78, 5) is 23.2. The van der Waals surface area contributed by atoms with Gasteiger partial charge in [-0.15, -0.1) is 0 Å². The molecule has 1 aliphatic heterocycles. The zero-order chi connectivity index (χ0) is 16.1. The van der Waals surface area contributed by atoms with E-state index >= 15 is 0 Å². The van der Waals surface area contributed by atoms with Gasteiger partial charge >= 0.3 is 0 Å². The van der Waals surface area contributed by atoms with Crippen molar-refractivity contribution in [3.63, 3.8) is 0 Å². The maximum Gasteiger partial charge on any atom is 0.236 e. The normalized spacial score (nSPS) is 17.8. The lowest BCUT2D eigenvalue weighted by Crippen LogP contribution is -2.50. The average Bonchev–Trinajstić information content (AvgIpc) is 2.47. The van der Waals surface area contributed by atoms with E-state index in [1.54, 1.807) is 0 Å². The molecule has 5 heteroatoms. The molecule has 0 saturated carbocycles. The van der Waals surface area contributed by atoms with Crippen LogP contribution in [0.15, 0.2) is 18.3 Å². The summed E-state index contributed by atoms with van der Waals surface area (Å²) in [6, 6.07) is 4.42. The minimum absolute atomic E-state index is 0.236. The first-order valence-corrected chi connectivity index (χ1v) is 8.04. The Hall–Kier alpha value is -1.46. The molecule has 2 heterocycles. The van der Waals surface area contributed by atoms with Crippen molar-refractivity contribution in [3.05, 3.63) is 29.6 Å². The van der Waals surface area contributed by atoms with Crippen molar-refractivity contribution in [1.82, 2.24) is 19.7 Å². The lowest BCUT2D eigenvalue weighted by Gasteiger charge is -2.34. The molecule has 1 amide bonds. The van der Waals surface area contributed by atoms with E-state index in [-0.39, 0.29) is 5.91 Å². The number of hydrogen-bond acceptors (Lipinski definition) is 4. The Kier molecular flexibility index (Phi) is 5.91. The summed E-state index contributed by atoms with van der Waals surface area (Å²) in [7, 11) is 4.12. The van der Waals surface area contributed by atoms with Crippen LogP contribution >= 0.6 is 0 Å². The van der Waals surface area contributed by atoms with Crippen molar-refractivity contribution in [2.75, 3.05) is 46.8 Å². The molecule has 122 valence electrons. The summed E-state index contributed by atoms with van der Waals surface area (Å²) in [5, 5.41) is 0. The quantitative estimate of drug-likeness (QED) is 0.814. The Labute approximate surface area is 133 Å². The lowest BCUT2D eigenvalue weighted by molar-refractivity contribution is -0.134. The second-order valence-electron chi connectivity index (χ2n) is 6.48. The molecule has 2 rings (SSSR count). The molecule has 0 spiro atoms. The molecule has 1 fully saturated rings. The number of aryl methyl sites for hydroxylation is 1. The number of amides is 1. The van der Waals surface area contributed by atoms with Crippen LogP contribution < -0.4 is 0 Å². The van der Waals surface area contributed by atoms with Gasteiger partial charge in [-0.2, -0.15) is 0 Å². The molecule has 1 aliphatic rings. The first kappa shape index (κ1) is 16.9. The molecule has 1 aromatic rings. The second-order valence-corrected chi connectivity index (χ2v) is 6.48. The van der Waals surface area contributed by atoms with Crippen LogP contribution in [0.4, 0.5) is 0 Å².